The van der Waals surface area contributed by atoms with E-state index in [2.05, 4.69) is 4.98 Å². The highest BCUT2D eigenvalue weighted by Gasteiger charge is 2.61. The van der Waals surface area contributed by atoms with Gasteiger partial charge in [-0.1, -0.05) is 30.3 Å². The fraction of sp³-hybridized carbons (Fsp3) is 0.538. The van der Waals surface area contributed by atoms with Gasteiger partial charge in [-0.05, 0) is 62.8 Å². The molecule has 1 heterocycles. The molecule has 2 unspecified atom stereocenters. The molecule has 4 bridgehead atoms. The van der Waals surface area contributed by atoms with Crippen LogP contribution in [0, 0.1) is 17.3 Å². The first-order chi connectivity index (χ1) is 17.1. The van der Waals surface area contributed by atoms with Gasteiger partial charge in [-0.25, -0.2) is 4.79 Å². The fourth-order valence-electron chi connectivity index (χ4n) is 7.03. The van der Waals surface area contributed by atoms with E-state index >= 15 is 0 Å². The average Bonchev–Trinajstić information content (AvgIpc) is 2.81. The van der Waals surface area contributed by atoms with Gasteiger partial charge in [0.25, 0.3) is 11.5 Å². The summed E-state index contributed by atoms with van der Waals surface area (Å²) in [6, 6.07) is 9.12. The normalized spacial score (nSPS) is 28.2. The number of nitrogens with zero attached hydrogens (tertiary/aromatic N) is 2. The molecule has 4 aliphatic rings. The number of aromatic nitrogens is 2. The number of anilines is 2. The van der Waals surface area contributed by atoms with E-state index < -0.39 is 40.7 Å². The molecule has 36 heavy (non-hydrogen) atoms. The first-order valence-corrected chi connectivity index (χ1v) is 12.5. The van der Waals surface area contributed by atoms with Gasteiger partial charge in [-0.15, -0.1) is 0 Å². The summed E-state index contributed by atoms with van der Waals surface area (Å²) in [7, 11) is 0. The van der Waals surface area contributed by atoms with E-state index in [-0.39, 0.29) is 24.6 Å². The number of carbonyl (C=O) groups excluding carboxylic acids is 2. The lowest BCUT2D eigenvalue weighted by atomic mass is 9.48. The third-order valence-electron chi connectivity index (χ3n) is 8.07. The van der Waals surface area contributed by atoms with Crippen LogP contribution in [0.15, 0.2) is 39.9 Å². The largest absolute Gasteiger partial charge is 0.455 e. The summed E-state index contributed by atoms with van der Waals surface area (Å²) >= 11 is 0. The van der Waals surface area contributed by atoms with E-state index in [1.807, 2.05) is 30.3 Å². The quantitative estimate of drug-likeness (QED) is 0.491. The van der Waals surface area contributed by atoms with Gasteiger partial charge in [-0.2, -0.15) is 0 Å². The highest BCUT2D eigenvalue weighted by molar-refractivity contribution is 5.97. The van der Waals surface area contributed by atoms with Crippen LogP contribution in [0.5, 0.6) is 0 Å². The summed E-state index contributed by atoms with van der Waals surface area (Å²) in [4.78, 5) is 54.9. The van der Waals surface area contributed by atoms with Crippen LogP contribution < -0.4 is 21.9 Å². The number of aliphatic hydroxyl groups is 1. The van der Waals surface area contributed by atoms with Crippen LogP contribution >= 0.6 is 0 Å². The van der Waals surface area contributed by atoms with Gasteiger partial charge in [0.2, 0.25) is 0 Å². The molecule has 2 aromatic rings. The number of nitrogens with two attached hydrogens (primary N) is 1. The molecule has 4 saturated carbocycles. The Morgan fingerprint density at radius 2 is 1.83 bits per heavy atom. The zero-order chi connectivity index (χ0) is 25.7. The first-order valence-electron chi connectivity index (χ1n) is 12.5. The second kappa shape index (κ2) is 8.92. The Bertz CT molecular complexity index is 1290. The maximum absolute atomic E-state index is 13.2. The van der Waals surface area contributed by atoms with Gasteiger partial charge in [0.15, 0.2) is 12.3 Å². The predicted molar refractivity (Wildman–Crippen MR) is 132 cm³/mol. The van der Waals surface area contributed by atoms with Crippen molar-refractivity contribution in [1.29, 1.82) is 0 Å². The Hall–Kier alpha value is -3.40. The first kappa shape index (κ1) is 24.3. The lowest BCUT2D eigenvalue weighted by Crippen LogP contribution is -2.58. The molecule has 0 radical (unpaired) electrons. The number of esters is 1. The summed E-state index contributed by atoms with van der Waals surface area (Å²) < 4.78 is 6.70. The molecule has 1 amide bonds. The molecule has 10 nitrogen and oxygen atoms in total. The molecule has 0 saturated heterocycles. The summed E-state index contributed by atoms with van der Waals surface area (Å²) in [5.41, 5.74) is 3.83. The van der Waals surface area contributed by atoms with Crippen LogP contribution in [-0.4, -0.2) is 45.3 Å². The van der Waals surface area contributed by atoms with Crippen molar-refractivity contribution < 1.29 is 19.4 Å². The number of amides is 1. The molecular weight excluding hydrogens is 464 g/mol. The van der Waals surface area contributed by atoms with E-state index in [0.29, 0.717) is 31.1 Å². The summed E-state index contributed by atoms with van der Waals surface area (Å²) in [6.07, 6.45) is 4.19. The Morgan fingerprint density at radius 3 is 2.44 bits per heavy atom. The maximum atomic E-state index is 13.2. The number of H-pyrrole nitrogens is 1. The lowest BCUT2D eigenvalue weighted by molar-refractivity contribution is -0.196. The van der Waals surface area contributed by atoms with Crippen LogP contribution in [-0.2, 0) is 20.9 Å². The molecule has 10 heteroatoms. The standard InChI is InChI=1S/C26H32N4O6/c1-2-29(20-21(27)30(24(34)28-22(20)32)13-16-6-4-3-5-7-16)19(31)14-36-23(33)25-9-17-8-18(10-25)12-26(35,11-17)15-25/h3-7,17-18,35H,2,8-15,27H2,1H3,(H,28,32,34)/t17-,18+,25?,26?. The number of ether oxygens (including phenoxy) is 1. The summed E-state index contributed by atoms with van der Waals surface area (Å²) in [5.74, 6) is -0.615. The number of nitrogen functional groups attached to an aromatic ring is 1. The predicted octanol–water partition coefficient (Wildman–Crippen LogP) is 1.39. The molecule has 0 aliphatic heterocycles. The summed E-state index contributed by atoms with van der Waals surface area (Å²) in [6.45, 7) is 1.31. The second-order valence-corrected chi connectivity index (χ2v) is 10.7. The minimum atomic E-state index is -0.823. The third-order valence-corrected chi connectivity index (χ3v) is 8.07. The molecule has 0 spiro atoms. The number of hydrogen-bond donors (Lipinski definition) is 3. The van der Waals surface area contributed by atoms with Crippen molar-refractivity contribution in [3.63, 3.8) is 0 Å². The molecule has 4 fully saturated rings. The van der Waals surface area contributed by atoms with Crippen LogP contribution in [0.1, 0.15) is 51.0 Å². The van der Waals surface area contributed by atoms with Crippen molar-refractivity contribution in [3.05, 3.63) is 56.7 Å². The smallest absolute Gasteiger partial charge is 0.330 e. The zero-order valence-corrected chi connectivity index (χ0v) is 20.4. The number of benzene rings is 1. The Labute approximate surface area is 208 Å². The lowest BCUT2D eigenvalue weighted by Gasteiger charge is -2.58. The Kier molecular flexibility index (Phi) is 6.02. The van der Waals surface area contributed by atoms with Crippen LogP contribution in [0.25, 0.3) is 0 Å². The van der Waals surface area contributed by atoms with Gasteiger partial charge < -0.3 is 20.5 Å². The van der Waals surface area contributed by atoms with Crippen molar-refractivity contribution in [2.75, 3.05) is 23.8 Å². The van der Waals surface area contributed by atoms with Gasteiger partial charge in [0.1, 0.15) is 5.82 Å². The fourth-order valence-corrected chi connectivity index (χ4v) is 7.03. The number of hydrogen-bond acceptors (Lipinski definition) is 7. The van der Waals surface area contributed by atoms with Gasteiger partial charge >= 0.3 is 11.7 Å². The summed E-state index contributed by atoms with van der Waals surface area (Å²) in [5, 5.41) is 10.9. The molecular formula is C26H32N4O6. The number of aromatic amines is 1. The maximum Gasteiger partial charge on any atom is 0.330 e. The van der Waals surface area contributed by atoms with Gasteiger partial charge in [0, 0.05) is 6.54 Å². The molecule has 6 rings (SSSR count). The van der Waals surface area contributed by atoms with Gasteiger partial charge in [-0.3, -0.25) is 23.9 Å². The van der Waals surface area contributed by atoms with Crippen LogP contribution in [0.3, 0.4) is 0 Å². The monoisotopic (exact) mass is 496 g/mol. The highest BCUT2D eigenvalue weighted by atomic mass is 16.5. The zero-order valence-electron chi connectivity index (χ0n) is 20.4. The number of rotatable bonds is 7. The van der Waals surface area contributed by atoms with Crippen molar-refractivity contribution >= 4 is 23.4 Å². The number of carbonyl (C=O) groups is 2. The van der Waals surface area contributed by atoms with Crippen LogP contribution in [0.2, 0.25) is 0 Å². The molecule has 4 atom stereocenters. The Morgan fingerprint density at radius 1 is 1.17 bits per heavy atom. The van der Waals surface area contributed by atoms with Crippen molar-refractivity contribution in [2.24, 2.45) is 17.3 Å². The van der Waals surface area contributed by atoms with E-state index in [4.69, 9.17) is 10.5 Å². The molecule has 4 N–H and O–H groups in total. The topological polar surface area (TPSA) is 148 Å². The van der Waals surface area contributed by atoms with E-state index in [1.54, 1.807) is 6.92 Å². The number of likely N-dealkylation sites (N-methyl/N-ethyl adjacent to an activating group) is 1. The van der Waals surface area contributed by atoms with Crippen molar-refractivity contribution in [3.8, 4) is 0 Å². The van der Waals surface area contributed by atoms with E-state index in [9.17, 15) is 24.3 Å². The third kappa shape index (κ3) is 4.23. The average molecular weight is 497 g/mol. The van der Waals surface area contributed by atoms with Crippen molar-refractivity contribution in [2.45, 2.75) is 57.6 Å². The van der Waals surface area contributed by atoms with Crippen molar-refractivity contribution in [1.82, 2.24) is 9.55 Å². The molecule has 1 aromatic heterocycles. The highest BCUT2D eigenvalue weighted by Crippen LogP contribution is 2.61. The second-order valence-electron chi connectivity index (χ2n) is 10.7. The van der Waals surface area contributed by atoms with Gasteiger partial charge in [0.05, 0.1) is 17.6 Å². The Balaban J connectivity index is 1.34. The van der Waals surface area contributed by atoms with Crippen LogP contribution in [0.4, 0.5) is 11.5 Å². The SMILES string of the molecule is CCN(C(=O)COC(=O)C12C[C@@H]3C[C@@H](CC(O)(C3)C1)C2)c1c(N)n(Cc2ccccc2)c(=O)[nH]c1=O. The minimum Gasteiger partial charge on any atom is -0.455 e. The van der Waals surface area contributed by atoms with E-state index in [0.717, 1.165) is 29.7 Å². The van der Waals surface area contributed by atoms with E-state index in [1.165, 1.54) is 4.57 Å². The number of nitrogens with one attached hydrogen (secondary N) is 1. The molecule has 1 aromatic carbocycles. The molecule has 4 aliphatic carbocycles. The molecule has 192 valence electrons. The minimum absolute atomic E-state index is 0.0856.